The molecule has 1 saturated heterocycles. The van der Waals surface area contributed by atoms with Crippen molar-refractivity contribution < 1.29 is 18.3 Å². The van der Waals surface area contributed by atoms with Gasteiger partial charge in [0.05, 0.1) is 5.69 Å². The van der Waals surface area contributed by atoms with Gasteiger partial charge in [-0.3, -0.25) is 9.79 Å². The van der Waals surface area contributed by atoms with Gasteiger partial charge in [-0.25, -0.2) is 0 Å². The highest BCUT2D eigenvalue weighted by Gasteiger charge is 2.26. The van der Waals surface area contributed by atoms with E-state index in [-0.39, 0.29) is 17.7 Å². The van der Waals surface area contributed by atoms with Crippen molar-refractivity contribution in [3.8, 4) is 5.75 Å². The zero-order chi connectivity index (χ0) is 20.4. The highest BCUT2D eigenvalue weighted by atomic mass is 19.3. The van der Waals surface area contributed by atoms with Crippen LogP contribution < -0.4 is 25.6 Å². The van der Waals surface area contributed by atoms with E-state index in [1.165, 1.54) is 0 Å². The zero-order valence-corrected chi connectivity index (χ0v) is 16.4. The number of hydrogen-bond donors (Lipinski definition) is 3. The second-order valence-electron chi connectivity index (χ2n) is 6.52. The Morgan fingerprint density at radius 2 is 2.11 bits per heavy atom. The van der Waals surface area contributed by atoms with Crippen LogP contribution in [-0.4, -0.2) is 57.7 Å². The van der Waals surface area contributed by atoms with Gasteiger partial charge in [-0.05, 0) is 25.0 Å². The Labute approximate surface area is 164 Å². The summed E-state index contributed by atoms with van der Waals surface area (Å²) in [7, 11) is 1.67. The van der Waals surface area contributed by atoms with E-state index in [4.69, 9.17) is 0 Å². The second-order valence-corrected chi connectivity index (χ2v) is 6.52. The number of para-hydroxylation sites is 2. The molecule has 0 aliphatic carbocycles. The minimum absolute atomic E-state index is 0.00693. The Morgan fingerprint density at radius 1 is 1.32 bits per heavy atom. The van der Waals surface area contributed by atoms with Crippen LogP contribution in [0, 0.1) is 0 Å². The molecule has 1 aromatic carbocycles. The first-order valence-corrected chi connectivity index (χ1v) is 9.56. The Kier molecular flexibility index (Phi) is 8.77. The number of nitrogens with zero attached hydrogens (tertiary/aromatic N) is 2. The van der Waals surface area contributed by atoms with Crippen LogP contribution in [-0.2, 0) is 4.79 Å². The average molecular weight is 397 g/mol. The maximum absolute atomic E-state index is 12.6. The van der Waals surface area contributed by atoms with Crippen molar-refractivity contribution in [1.82, 2.24) is 16.0 Å². The summed E-state index contributed by atoms with van der Waals surface area (Å²) < 4.78 is 29.9. The van der Waals surface area contributed by atoms with Crippen LogP contribution >= 0.6 is 0 Å². The van der Waals surface area contributed by atoms with Crippen molar-refractivity contribution in [2.45, 2.75) is 38.8 Å². The van der Waals surface area contributed by atoms with Crippen molar-refractivity contribution in [3.63, 3.8) is 0 Å². The normalized spacial score (nSPS) is 17.0. The fourth-order valence-electron chi connectivity index (χ4n) is 3.05. The fourth-order valence-corrected chi connectivity index (χ4v) is 3.05. The number of carbonyl (C=O) groups is 1. The summed E-state index contributed by atoms with van der Waals surface area (Å²) in [5.74, 6) is 0.804. The lowest BCUT2D eigenvalue weighted by atomic mass is 10.2. The van der Waals surface area contributed by atoms with Crippen molar-refractivity contribution in [2.75, 3.05) is 38.1 Å². The summed E-state index contributed by atoms with van der Waals surface area (Å²) in [6.45, 7) is 1.68. The molecule has 0 radical (unpaired) electrons. The van der Waals surface area contributed by atoms with E-state index in [9.17, 15) is 13.6 Å². The summed E-state index contributed by atoms with van der Waals surface area (Å²) >= 11 is 0. The van der Waals surface area contributed by atoms with Crippen LogP contribution in [0.25, 0.3) is 0 Å². The quantitative estimate of drug-likeness (QED) is 0.439. The molecule has 9 heteroatoms. The third kappa shape index (κ3) is 6.86. The van der Waals surface area contributed by atoms with Gasteiger partial charge in [-0.15, -0.1) is 0 Å². The van der Waals surface area contributed by atoms with Crippen molar-refractivity contribution >= 4 is 17.6 Å². The largest absolute Gasteiger partial charge is 0.433 e. The molecule has 1 amide bonds. The van der Waals surface area contributed by atoms with E-state index in [0.717, 1.165) is 19.4 Å². The number of hydrogen-bond acceptors (Lipinski definition) is 4. The van der Waals surface area contributed by atoms with E-state index in [0.29, 0.717) is 37.7 Å². The maximum atomic E-state index is 12.6. The number of nitrogens with one attached hydrogen (secondary N) is 3. The second kappa shape index (κ2) is 11.3. The smallest absolute Gasteiger partial charge is 0.387 e. The van der Waals surface area contributed by atoms with Crippen molar-refractivity contribution in [2.24, 2.45) is 4.99 Å². The molecule has 1 unspecified atom stereocenters. The van der Waals surface area contributed by atoms with Crippen LogP contribution in [0.5, 0.6) is 5.75 Å². The third-order valence-corrected chi connectivity index (χ3v) is 4.39. The molecule has 1 aliphatic heterocycles. The van der Waals surface area contributed by atoms with Gasteiger partial charge in [-0.2, -0.15) is 8.78 Å². The monoisotopic (exact) mass is 397 g/mol. The van der Waals surface area contributed by atoms with Gasteiger partial charge >= 0.3 is 6.61 Å². The summed E-state index contributed by atoms with van der Waals surface area (Å²) in [6, 6.07) is 6.92. The van der Waals surface area contributed by atoms with Gasteiger partial charge in [0.15, 0.2) is 5.96 Å². The molecule has 3 N–H and O–H groups in total. The van der Waals surface area contributed by atoms with Gasteiger partial charge in [0.2, 0.25) is 5.91 Å². The standard InChI is InChI=1S/C19H29F2N5O2/c1-3-10-23-17(27)8-11-24-19(22-2)25-14-9-12-26(13-14)15-6-4-5-7-16(15)28-18(20)21/h4-7,14,18H,3,8-13H2,1-2H3,(H,23,27)(H2,22,24,25). The highest BCUT2D eigenvalue weighted by molar-refractivity contribution is 5.81. The van der Waals surface area contributed by atoms with Crippen LogP contribution in [0.3, 0.4) is 0 Å². The molecule has 0 aromatic heterocycles. The lowest BCUT2D eigenvalue weighted by Gasteiger charge is -2.22. The minimum Gasteiger partial charge on any atom is -0.433 e. The number of halogens is 2. The number of rotatable bonds is 9. The molecule has 0 saturated carbocycles. The van der Waals surface area contributed by atoms with Gasteiger partial charge in [0, 0.05) is 45.7 Å². The number of carbonyl (C=O) groups excluding carboxylic acids is 1. The summed E-state index contributed by atoms with van der Waals surface area (Å²) in [4.78, 5) is 17.8. The molecule has 7 nitrogen and oxygen atoms in total. The first-order chi connectivity index (χ1) is 13.5. The number of amides is 1. The van der Waals surface area contributed by atoms with Crippen molar-refractivity contribution in [3.05, 3.63) is 24.3 Å². The first kappa shape index (κ1) is 21.7. The van der Waals surface area contributed by atoms with E-state index in [2.05, 4.69) is 25.7 Å². The number of alkyl halides is 2. The zero-order valence-electron chi connectivity index (χ0n) is 16.4. The third-order valence-electron chi connectivity index (χ3n) is 4.39. The predicted molar refractivity (Wildman–Crippen MR) is 106 cm³/mol. The number of aliphatic imine (C=N–C) groups is 1. The van der Waals surface area contributed by atoms with Crippen LogP contribution in [0.15, 0.2) is 29.3 Å². The molecule has 1 heterocycles. The van der Waals surface area contributed by atoms with Crippen LogP contribution in [0.4, 0.5) is 14.5 Å². The molecule has 1 atom stereocenters. The number of guanidine groups is 1. The summed E-state index contributed by atoms with van der Waals surface area (Å²) in [6.07, 6.45) is 2.11. The molecule has 0 spiro atoms. The first-order valence-electron chi connectivity index (χ1n) is 9.56. The molecule has 2 rings (SSSR count). The maximum Gasteiger partial charge on any atom is 0.387 e. The molecular formula is C19H29F2N5O2. The molecule has 1 fully saturated rings. The van der Waals surface area contributed by atoms with E-state index in [1.807, 2.05) is 11.8 Å². The Bertz CT molecular complexity index is 657. The SMILES string of the molecule is CCCNC(=O)CCNC(=NC)NC1CCN(c2ccccc2OC(F)F)C1. The van der Waals surface area contributed by atoms with Crippen molar-refractivity contribution in [1.29, 1.82) is 0 Å². The Balaban J connectivity index is 1.82. The molecule has 156 valence electrons. The van der Waals surface area contributed by atoms with Gasteiger partial charge < -0.3 is 25.6 Å². The van der Waals surface area contributed by atoms with E-state index >= 15 is 0 Å². The minimum atomic E-state index is -2.85. The molecular weight excluding hydrogens is 368 g/mol. The summed E-state index contributed by atoms with van der Waals surface area (Å²) in [5.41, 5.74) is 0.655. The number of anilines is 1. The van der Waals surface area contributed by atoms with Gasteiger partial charge in [0.25, 0.3) is 0 Å². The average Bonchev–Trinajstić information content (AvgIpc) is 3.13. The molecule has 0 bridgehead atoms. The van der Waals surface area contributed by atoms with Crippen LogP contribution in [0.2, 0.25) is 0 Å². The lowest BCUT2D eigenvalue weighted by molar-refractivity contribution is -0.120. The topological polar surface area (TPSA) is 78.0 Å². The molecule has 28 heavy (non-hydrogen) atoms. The molecule has 1 aromatic rings. The number of ether oxygens (including phenoxy) is 1. The van der Waals surface area contributed by atoms with Crippen LogP contribution in [0.1, 0.15) is 26.2 Å². The fraction of sp³-hybridized carbons (Fsp3) is 0.579. The Hall–Kier alpha value is -2.58. The Morgan fingerprint density at radius 3 is 2.82 bits per heavy atom. The number of benzene rings is 1. The molecule has 1 aliphatic rings. The van der Waals surface area contributed by atoms with Gasteiger partial charge in [0.1, 0.15) is 5.75 Å². The van der Waals surface area contributed by atoms with E-state index in [1.54, 1.807) is 31.3 Å². The predicted octanol–water partition coefficient (Wildman–Crippen LogP) is 1.95. The lowest BCUT2D eigenvalue weighted by Crippen LogP contribution is -2.45. The highest BCUT2D eigenvalue weighted by Crippen LogP contribution is 2.31. The summed E-state index contributed by atoms with van der Waals surface area (Å²) in [5, 5.41) is 9.28. The van der Waals surface area contributed by atoms with Gasteiger partial charge in [-0.1, -0.05) is 19.1 Å². The van der Waals surface area contributed by atoms with E-state index < -0.39 is 6.61 Å².